The van der Waals surface area contributed by atoms with Crippen LogP contribution in [0.4, 0.5) is 11.4 Å². The second kappa shape index (κ2) is 8.90. The zero-order chi connectivity index (χ0) is 21.1. The molecule has 0 saturated carbocycles. The summed E-state index contributed by atoms with van der Waals surface area (Å²) in [5, 5.41) is 3.08. The lowest BCUT2D eigenvalue weighted by Crippen LogP contribution is -2.50. The Kier molecular flexibility index (Phi) is 6.07. The van der Waals surface area contributed by atoms with E-state index in [4.69, 9.17) is 0 Å². The predicted octanol–water partition coefficient (Wildman–Crippen LogP) is 4.22. The SMILES string of the molecule is CC(C)CC(=O)N1Cc2ccccc2CC1C(=O)Nc1cccc(N2CCCC2)c1. The number of nitrogens with zero attached hydrogens (tertiary/aromatic N) is 2. The molecule has 2 amide bonds. The van der Waals surface area contributed by atoms with E-state index >= 15 is 0 Å². The number of hydrogen-bond donors (Lipinski definition) is 1. The Hall–Kier alpha value is -2.82. The van der Waals surface area contributed by atoms with Gasteiger partial charge in [-0.1, -0.05) is 44.2 Å². The molecule has 0 aliphatic carbocycles. The minimum atomic E-state index is -0.485. The molecule has 1 unspecified atom stereocenters. The first-order valence-corrected chi connectivity index (χ1v) is 11.0. The summed E-state index contributed by atoms with van der Waals surface area (Å²) in [5.74, 6) is 0.196. The van der Waals surface area contributed by atoms with Crippen LogP contribution in [0, 0.1) is 5.92 Å². The molecule has 30 heavy (non-hydrogen) atoms. The van der Waals surface area contributed by atoms with Crippen molar-refractivity contribution < 1.29 is 9.59 Å². The Morgan fingerprint density at radius 1 is 1.03 bits per heavy atom. The van der Waals surface area contributed by atoms with Gasteiger partial charge in [-0.15, -0.1) is 0 Å². The van der Waals surface area contributed by atoms with Crippen molar-refractivity contribution in [2.75, 3.05) is 23.3 Å². The molecule has 0 aromatic heterocycles. The van der Waals surface area contributed by atoms with Gasteiger partial charge in [0.1, 0.15) is 6.04 Å². The first-order valence-electron chi connectivity index (χ1n) is 11.0. The third-order valence-electron chi connectivity index (χ3n) is 6.04. The van der Waals surface area contributed by atoms with E-state index in [9.17, 15) is 9.59 Å². The molecule has 2 aliphatic rings. The highest BCUT2D eigenvalue weighted by atomic mass is 16.2. The standard InChI is InChI=1S/C25H31N3O2/c1-18(2)14-24(29)28-17-20-9-4-3-8-19(20)15-23(28)25(30)26-21-10-7-11-22(16-21)27-12-5-6-13-27/h3-4,7-11,16,18,23H,5-6,12-15,17H2,1-2H3,(H,26,30). The number of nitrogens with one attached hydrogen (secondary N) is 1. The number of amides is 2. The van der Waals surface area contributed by atoms with Crippen molar-refractivity contribution in [3.8, 4) is 0 Å². The molecule has 5 nitrogen and oxygen atoms in total. The summed E-state index contributed by atoms with van der Waals surface area (Å²) >= 11 is 0. The maximum Gasteiger partial charge on any atom is 0.247 e. The largest absolute Gasteiger partial charge is 0.371 e. The molecule has 0 spiro atoms. The fraction of sp³-hybridized carbons (Fsp3) is 0.440. The average molecular weight is 406 g/mol. The molecule has 4 rings (SSSR count). The van der Waals surface area contributed by atoms with Crippen molar-refractivity contribution >= 4 is 23.2 Å². The molecule has 0 bridgehead atoms. The Bertz CT molecular complexity index is 918. The van der Waals surface area contributed by atoms with Crippen LogP contribution in [-0.4, -0.2) is 35.8 Å². The lowest BCUT2D eigenvalue weighted by atomic mass is 9.92. The highest BCUT2D eigenvalue weighted by Gasteiger charge is 2.34. The first-order chi connectivity index (χ1) is 14.5. The Morgan fingerprint density at radius 3 is 2.50 bits per heavy atom. The van der Waals surface area contributed by atoms with Crippen LogP contribution in [-0.2, 0) is 22.6 Å². The van der Waals surface area contributed by atoms with Gasteiger partial charge in [0.05, 0.1) is 0 Å². The summed E-state index contributed by atoms with van der Waals surface area (Å²) in [6.07, 6.45) is 3.43. The molecule has 1 fully saturated rings. The second-order valence-corrected chi connectivity index (χ2v) is 8.84. The highest BCUT2D eigenvalue weighted by Crippen LogP contribution is 2.27. The minimum Gasteiger partial charge on any atom is -0.371 e. The fourth-order valence-electron chi connectivity index (χ4n) is 4.47. The van der Waals surface area contributed by atoms with Crippen molar-refractivity contribution in [2.24, 2.45) is 5.92 Å². The maximum atomic E-state index is 13.3. The average Bonchev–Trinajstić information content (AvgIpc) is 3.27. The number of carbonyl (C=O) groups is 2. The van der Waals surface area contributed by atoms with Gasteiger partial charge in [0.25, 0.3) is 0 Å². The van der Waals surface area contributed by atoms with Gasteiger partial charge in [-0.25, -0.2) is 0 Å². The number of fused-ring (bicyclic) bond motifs is 1. The van der Waals surface area contributed by atoms with E-state index in [1.807, 2.05) is 44.2 Å². The first kappa shape index (κ1) is 20.5. The quantitative estimate of drug-likeness (QED) is 0.810. The van der Waals surface area contributed by atoms with Crippen molar-refractivity contribution in [3.05, 3.63) is 59.7 Å². The van der Waals surface area contributed by atoms with Gasteiger partial charge in [0.2, 0.25) is 11.8 Å². The van der Waals surface area contributed by atoms with E-state index in [-0.39, 0.29) is 17.7 Å². The summed E-state index contributed by atoms with van der Waals surface area (Å²) < 4.78 is 0. The molecule has 158 valence electrons. The van der Waals surface area contributed by atoms with Gasteiger partial charge in [0, 0.05) is 43.9 Å². The van der Waals surface area contributed by atoms with Gasteiger partial charge in [0.15, 0.2) is 0 Å². The molecular formula is C25H31N3O2. The molecule has 0 radical (unpaired) electrons. The molecule has 2 aromatic carbocycles. The molecule has 2 heterocycles. The molecule has 1 saturated heterocycles. The predicted molar refractivity (Wildman–Crippen MR) is 120 cm³/mol. The van der Waals surface area contributed by atoms with Crippen molar-refractivity contribution in [1.29, 1.82) is 0 Å². The molecule has 1 atom stereocenters. The molecule has 1 N–H and O–H groups in total. The number of hydrogen-bond acceptors (Lipinski definition) is 3. The van der Waals surface area contributed by atoms with E-state index in [0.29, 0.717) is 19.4 Å². The van der Waals surface area contributed by atoms with E-state index in [1.54, 1.807) is 4.90 Å². The summed E-state index contributed by atoms with van der Waals surface area (Å²) in [6, 6.07) is 15.7. The number of carbonyl (C=O) groups excluding carboxylic acids is 2. The number of rotatable bonds is 5. The van der Waals surface area contributed by atoms with Gasteiger partial charge in [-0.05, 0) is 48.1 Å². The number of benzene rings is 2. The zero-order valence-corrected chi connectivity index (χ0v) is 17.9. The Balaban J connectivity index is 1.54. The van der Waals surface area contributed by atoms with Crippen LogP contribution in [0.1, 0.15) is 44.2 Å². The second-order valence-electron chi connectivity index (χ2n) is 8.84. The van der Waals surface area contributed by atoms with E-state index in [1.165, 1.54) is 12.8 Å². The highest BCUT2D eigenvalue weighted by molar-refractivity contribution is 5.98. The van der Waals surface area contributed by atoms with Crippen LogP contribution < -0.4 is 10.2 Å². The van der Waals surface area contributed by atoms with Crippen LogP contribution in [0.3, 0.4) is 0 Å². The van der Waals surface area contributed by atoms with Gasteiger partial charge < -0.3 is 15.1 Å². The van der Waals surface area contributed by atoms with Crippen molar-refractivity contribution in [3.63, 3.8) is 0 Å². The van der Waals surface area contributed by atoms with E-state index in [2.05, 4.69) is 28.4 Å². The van der Waals surface area contributed by atoms with Gasteiger partial charge in [-0.3, -0.25) is 9.59 Å². The van der Waals surface area contributed by atoms with Gasteiger partial charge >= 0.3 is 0 Å². The summed E-state index contributed by atoms with van der Waals surface area (Å²) in [6.45, 7) is 6.69. The monoisotopic (exact) mass is 405 g/mol. The topological polar surface area (TPSA) is 52.7 Å². The zero-order valence-electron chi connectivity index (χ0n) is 17.9. The minimum absolute atomic E-state index is 0.0467. The van der Waals surface area contributed by atoms with Crippen molar-refractivity contribution in [1.82, 2.24) is 4.90 Å². The fourth-order valence-corrected chi connectivity index (χ4v) is 4.47. The smallest absolute Gasteiger partial charge is 0.247 e. The Labute approximate surface area is 179 Å². The van der Waals surface area contributed by atoms with E-state index < -0.39 is 6.04 Å². The molecule has 5 heteroatoms. The van der Waals surface area contributed by atoms with E-state index in [0.717, 1.165) is 35.6 Å². The summed E-state index contributed by atoms with van der Waals surface area (Å²) in [7, 11) is 0. The lowest BCUT2D eigenvalue weighted by Gasteiger charge is -2.36. The maximum absolute atomic E-state index is 13.3. The third-order valence-corrected chi connectivity index (χ3v) is 6.04. The molecule has 2 aromatic rings. The molecular weight excluding hydrogens is 374 g/mol. The summed E-state index contributed by atoms with van der Waals surface area (Å²) in [5.41, 5.74) is 4.22. The van der Waals surface area contributed by atoms with Crippen molar-refractivity contribution in [2.45, 2.75) is 52.1 Å². The number of anilines is 2. The van der Waals surface area contributed by atoms with Crippen LogP contribution in [0.2, 0.25) is 0 Å². The lowest BCUT2D eigenvalue weighted by molar-refractivity contribution is -0.140. The van der Waals surface area contributed by atoms with Crippen LogP contribution in [0.5, 0.6) is 0 Å². The normalized spacial score (nSPS) is 18.4. The van der Waals surface area contributed by atoms with Crippen LogP contribution >= 0.6 is 0 Å². The molecule has 2 aliphatic heterocycles. The third kappa shape index (κ3) is 4.50. The van der Waals surface area contributed by atoms with Crippen LogP contribution in [0.15, 0.2) is 48.5 Å². The van der Waals surface area contributed by atoms with Crippen LogP contribution in [0.25, 0.3) is 0 Å². The van der Waals surface area contributed by atoms with Gasteiger partial charge in [-0.2, -0.15) is 0 Å². The Morgan fingerprint density at radius 2 is 1.77 bits per heavy atom. The summed E-state index contributed by atoms with van der Waals surface area (Å²) in [4.78, 5) is 30.4.